The van der Waals surface area contributed by atoms with Crippen LogP contribution in [0.1, 0.15) is 24.8 Å². The second kappa shape index (κ2) is 15.2. The van der Waals surface area contributed by atoms with Gasteiger partial charge in [0.25, 0.3) is 0 Å². The zero-order valence-corrected chi connectivity index (χ0v) is 29.4. The Kier molecular flexibility index (Phi) is 9.62. The topological polar surface area (TPSA) is 6.48 Å². The summed E-state index contributed by atoms with van der Waals surface area (Å²) in [5.41, 5.74) is 15.4. The molecule has 7 aromatic carbocycles. The summed E-state index contributed by atoms with van der Waals surface area (Å²) in [7, 11) is 0. The number of para-hydroxylation sites is 1. The van der Waals surface area contributed by atoms with Gasteiger partial charge in [-0.3, -0.25) is 0 Å². The van der Waals surface area contributed by atoms with Crippen molar-refractivity contribution in [1.82, 2.24) is 0 Å². The highest BCUT2D eigenvalue weighted by Gasteiger charge is 2.18. The molecule has 0 bridgehead atoms. The third-order valence-electron chi connectivity index (χ3n) is 9.92. The fourth-order valence-electron chi connectivity index (χ4n) is 7.20. The Hall–Kier alpha value is -6.38. The molecule has 252 valence electrons. The average Bonchev–Trinajstić information content (AvgIpc) is 3.22. The van der Waals surface area contributed by atoms with Crippen LogP contribution in [0.15, 0.2) is 206 Å². The third kappa shape index (κ3) is 7.10. The minimum absolute atomic E-state index is 0.879. The molecule has 0 saturated carbocycles. The van der Waals surface area contributed by atoms with Crippen molar-refractivity contribution in [2.75, 3.05) is 9.80 Å². The molecular weight excluding hydrogens is 629 g/mol. The summed E-state index contributed by atoms with van der Waals surface area (Å²) in [5, 5.41) is 0. The molecule has 0 fully saturated rings. The van der Waals surface area contributed by atoms with E-state index in [-0.39, 0.29) is 0 Å². The third-order valence-corrected chi connectivity index (χ3v) is 9.92. The lowest BCUT2D eigenvalue weighted by Gasteiger charge is -2.30. The lowest BCUT2D eigenvalue weighted by molar-refractivity contribution is 0.811. The van der Waals surface area contributed by atoms with Gasteiger partial charge in [0, 0.05) is 34.1 Å². The summed E-state index contributed by atoms with van der Waals surface area (Å²) < 4.78 is 0. The zero-order valence-electron chi connectivity index (χ0n) is 29.4. The lowest BCUT2D eigenvalue weighted by atomic mass is 9.97. The molecule has 8 rings (SSSR count). The molecule has 7 aromatic rings. The van der Waals surface area contributed by atoms with E-state index in [9.17, 15) is 0 Å². The number of anilines is 5. The van der Waals surface area contributed by atoms with Crippen molar-refractivity contribution in [2.45, 2.75) is 25.7 Å². The van der Waals surface area contributed by atoms with Crippen molar-refractivity contribution in [3.63, 3.8) is 0 Å². The molecule has 0 radical (unpaired) electrons. The van der Waals surface area contributed by atoms with Gasteiger partial charge in [0.1, 0.15) is 0 Å². The molecular formula is C50H42N2. The van der Waals surface area contributed by atoms with E-state index < -0.39 is 0 Å². The summed E-state index contributed by atoms with van der Waals surface area (Å²) in [6.45, 7) is 4.54. The van der Waals surface area contributed by atoms with Crippen LogP contribution >= 0.6 is 0 Å². The molecule has 0 atom stereocenters. The Balaban J connectivity index is 1.15. The predicted molar refractivity (Wildman–Crippen MR) is 222 cm³/mol. The number of fused-ring (bicyclic) bond motifs is 1. The Morgan fingerprint density at radius 3 is 1.40 bits per heavy atom. The molecule has 1 aliphatic rings. The van der Waals surface area contributed by atoms with Gasteiger partial charge in [0.05, 0.1) is 0 Å². The van der Waals surface area contributed by atoms with Crippen molar-refractivity contribution in [2.24, 2.45) is 0 Å². The average molecular weight is 671 g/mol. The first-order valence-electron chi connectivity index (χ1n) is 18.2. The summed E-state index contributed by atoms with van der Waals surface area (Å²) in [6.07, 6.45) is 8.66. The van der Waals surface area contributed by atoms with Crippen molar-refractivity contribution in [3.05, 3.63) is 212 Å². The number of rotatable bonds is 7. The van der Waals surface area contributed by atoms with Gasteiger partial charge in [-0.05, 0) is 125 Å². The smallest absolute Gasteiger partial charge is 0.0493 e. The van der Waals surface area contributed by atoms with E-state index in [0.29, 0.717) is 0 Å². The Morgan fingerprint density at radius 1 is 0.442 bits per heavy atom. The summed E-state index contributed by atoms with van der Waals surface area (Å²) in [4.78, 5) is 4.69. The second-order valence-electron chi connectivity index (χ2n) is 13.4. The largest absolute Gasteiger partial charge is 0.315 e. The first-order valence-corrected chi connectivity index (χ1v) is 18.2. The van der Waals surface area contributed by atoms with E-state index in [4.69, 9.17) is 0 Å². The maximum absolute atomic E-state index is 4.54. The zero-order chi connectivity index (χ0) is 35.1. The van der Waals surface area contributed by atoms with Gasteiger partial charge in [-0.25, -0.2) is 0 Å². The van der Waals surface area contributed by atoms with Crippen LogP contribution in [-0.4, -0.2) is 0 Å². The summed E-state index contributed by atoms with van der Waals surface area (Å²) >= 11 is 0. The van der Waals surface area contributed by atoms with Gasteiger partial charge in [-0.2, -0.15) is 0 Å². The van der Waals surface area contributed by atoms with Crippen LogP contribution in [-0.2, 0) is 6.42 Å². The normalized spacial score (nSPS) is 13.6. The van der Waals surface area contributed by atoms with Crippen LogP contribution in [0.2, 0.25) is 0 Å². The molecule has 0 unspecified atom stereocenters. The van der Waals surface area contributed by atoms with Crippen LogP contribution in [0.5, 0.6) is 0 Å². The monoisotopic (exact) mass is 670 g/mol. The van der Waals surface area contributed by atoms with Crippen molar-refractivity contribution in [3.8, 4) is 33.4 Å². The minimum Gasteiger partial charge on any atom is -0.315 e. The van der Waals surface area contributed by atoms with Gasteiger partial charge >= 0.3 is 0 Å². The fourth-order valence-corrected chi connectivity index (χ4v) is 7.20. The Morgan fingerprint density at radius 2 is 0.885 bits per heavy atom. The molecule has 0 aliphatic carbocycles. The maximum Gasteiger partial charge on any atom is 0.0493 e. The summed E-state index contributed by atoms with van der Waals surface area (Å²) in [5.74, 6) is 0. The predicted octanol–water partition coefficient (Wildman–Crippen LogP) is 14.1. The highest BCUT2D eigenvalue weighted by atomic mass is 15.2. The first-order chi connectivity index (χ1) is 25.7. The maximum atomic E-state index is 4.54. The van der Waals surface area contributed by atoms with Crippen LogP contribution in [0, 0.1) is 0 Å². The highest BCUT2D eigenvalue weighted by molar-refractivity contribution is 5.82. The van der Waals surface area contributed by atoms with Crippen LogP contribution in [0.25, 0.3) is 33.4 Å². The van der Waals surface area contributed by atoms with E-state index in [1.54, 1.807) is 0 Å². The number of nitrogens with zero attached hydrogens (tertiary/aromatic N) is 2. The molecule has 2 nitrogen and oxygen atoms in total. The van der Waals surface area contributed by atoms with Gasteiger partial charge in [0.15, 0.2) is 0 Å². The number of allylic oxidation sites excluding steroid dienone is 3. The van der Waals surface area contributed by atoms with Crippen LogP contribution in [0.3, 0.4) is 0 Å². The number of hydrogen-bond acceptors (Lipinski definition) is 2. The van der Waals surface area contributed by atoms with Crippen molar-refractivity contribution in [1.29, 1.82) is 0 Å². The van der Waals surface area contributed by atoms with E-state index >= 15 is 0 Å². The molecule has 0 amide bonds. The molecule has 1 heterocycles. The molecule has 0 spiro atoms. The molecule has 0 N–H and O–H groups in total. The van der Waals surface area contributed by atoms with Crippen molar-refractivity contribution >= 4 is 28.4 Å². The second-order valence-corrected chi connectivity index (χ2v) is 13.4. The van der Waals surface area contributed by atoms with Gasteiger partial charge in [0.2, 0.25) is 0 Å². The Bertz CT molecular complexity index is 2190. The van der Waals surface area contributed by atoms with Gasteiger partial charge in [-0.1, -0.05) is 140 Å². The molecule has 1 aliphatic heterocycles. The standard InChI is InChI=1S/C50H42N2/c1-38-15-7-2-3-8-20-45-37-44(29-36-50(45)51(38)46-21-13-6-14-22-46)43-27-34-49(35-28-43)52(47-30-23-41(24-31-47)39-16-9-4-10-17-39)48-32-25-42(26-33-48)40-18-11-5-12-19-40/h3-6,8-14,16-19,21-37H,1-2,7,15,20H2/b8-3-. The van der Waals surface area contributed by atoms with Crippen molar-refractivity contribution < 1.29 is 0 Å². The highest BCUT2D eigenvalue weighted by Crippen LogP contribution is 2.40. The van der Waals surface area contributed by atoms with E-state index in [1.165, 1.54) is 44.6 Å². The van der Waals surface area contributed by atoms with Crippen LogP contribution in [0.4, 0.5) is 28.4 Å². The minimum atomic E-state index is 0.879. The SMILES string of the molecule is C=C1CCC/C=C\Cc2cc(-c3ccc(N(c4ccc(-c5ccccc5)cc4)c4ccc(-c5ccccc5)cc4)cc3)ccc2N1c1ccccc1. The molecule has 52 heavy (non-hydrogen) atoms. The molecule has 0 aromatic heterocycles. The van der Waals surface area contributed by atoms with Gasteiger partial charge < -0.3 is 9.80 Å². The van der Waals surface area contributed by atoms with Gasteiger partial charge in [-0.15, -0.1) is 0 Å². The van der Waals surface area contributed by atoms with Crippen LogP contribution < -0.4 is 9.80 Å². The summed E-state index contributed by atoms with van der Waals surface area (Å²) in [6, 6.07) is 65.4. The quantitative estimate of drug-likeness (QED) is 0.156. The fraction of sp³-hybridized carbons (Fsp3) is 0.0800. The molecule has 2 heteroatoms. The van der Waals surface area contributed by atoms with E-state index in [0.717, 1.165) is 54.1 Å². The number of hydrogen-bond donors (Lipinski definition) is 0. The lowest BCUT2D eigenvalue weighted by Crippen LogP contribution is -2.17. The molecule has 0 saturated heterocycles. The first kappa shape index (κ1) is 32.8. The number of benzene rings is 7. The van der Waals surface area contributed by atoms with E-state index in [2.05, 4.69) is 211 Å². The van der Waals surface area contributed by atoms with E-state index in [1.807, 2.05) is 0 Å². The Labute approximate surface area is 308 Å².